The Bertz CT molecular complexity index is 1270. The zero-order valence-electron chi connectivity index (χ0n) is 16.5. The number of benzene rings is 2. The molecule has 1 N–H and O–H groups in total. The van der Waals surface area contributed by atoms with Crippen LogP contribution in [-0.4, -0.2) is 30.5 Å². The van der Waals surface area contributed by atoms with E-state index in [4.69, 9.17) is 0 Å². The predicted molar refractivity (Wildman–Crippen MR) is 109 cm³/mol. The molecule has 0 radical (unpaired) electrons. The van der Waals surface area contributed by atoms with Crippen molar-refractivity contribution < 1.29 is 9.18 Å². The van der Waals surface area contributed by atoms with Crippen molar-refractivity contribution in [3.63, 3.8) is 0 Å². The number of nitrogens with zero attached hydrogens (tertiary/aromatic N) is 5. The van der Waals surface area contributed by atoms with Gasteiger partial charge in [-0.3, -0.25) is 14.2 Å². The Kier molecular flexibility index (Phi) is 5.09. The third-order valence-corrected chi connectivity index (χ3v) is 4.60. The van der Waals surface area contributed by atoms with E-state index in [9.17, 15) is 14.0 Å². The van der Waals surface area contributed by atoms with Crippen LogP contribution in [0.4, 0.5) is 4.39 Å². The zero-order chi connectivity index (χ0) is 21.3. The first-order valence-corrected chi connectivity index (χ1v) is 9.31. The van der Waals surface area contributed by atoms with Gasteiger partial charge in [0.2, 0.25) is 5.91 Å². The maximum Gasteiger partial charge on any atom is 0.284 e. The van der Waals surface area contributed by atoms with Gasteiger partial charge in [-0.25, -0.2) is 9.37 Å². The summed E-state index contributed by atoms with van der Waals surface area (Å²) < 4.78 is 15.6. The first-order valence-electron chi connectivity index (χ1n) is 9.31. The molecule has 0 unspecified atom stereocenters. The summed E-state index contributed by atoms with van der Waals surface area (Å²) in [4.78, 5) is 29.3. The van der Waals surface area contributed by atoms with Gasteiger partial charge in [-0.05, 0) is 54.8 Å². The van der Waals surface area contributed by atoms with E-state index >= 15 is 0 Å². The van der Waals surface area contributed by atoms with Gasteiger partial charge in [0.15, 0.2) is 11.2 Å². The first-order chi connectivity index (χ1) is 14.4. The van der Waals surface area contributed by atoms with Gasteiger partial charge in [-0.1, -0.05) is 23.4 Å². The number of rotatable bonds is 5. The fraction of sp³-hybridized carbons (Fsp3) is 0.190. The van der Waals surface area contributed by atoms with E-state index in [1.165, 1.54) is 27.7 Å². The van der Waals surface area contributed by atoms with Crippen molar-refractivity contribution in [1.82, 2.24) is 29.9 Å². The van der Waals surface area contributed by atoms with Gasteiger partial charge in [0.25, 0.3) is 5.56 Å². The quantitative estimate of drug-likeness (QED) is 0.547. The molecule has 152 valence electrons. The number of hydrogen-bond donors (Lipinski definition) is 1. The van der Waals surface area contributed by atoms with Crippen LogP contribution >= 0.6 is 0 Å². The summed E-state index contributed by atoms with van der Waals surface area (Å²) >= 11 is 0. The molecule has 0 spiro atoms. The van der Waals surface area contributed by atoms with Crippen LogP contribution in [0.2, 0.25) is 0 Å². The molecule has 4 rings (SSSR count). The highest BCUT2D eigenvalue weighted by molar-refractivity contribution is 5.76. The van der Waals surface area contributed by atoms with Crippen molar-refractivity contribution in [3.8, 4) is 5.69 Å². The second-order valence-corrected chi connectivity index (χ2v) is 7.10. The van der Waals surface area contributed by atoms with Crippen molar-refractivity contribution in [2.45, 2.75) is 26.9 Å². The maximum absolute atomic E-state index is 12.9. The molecule has 4 aromatic rings. The number of carbonyl (C=O) groups excluding carboxylic acids is 1. The molecule has 2 aromatic heterocycles. The number of fused-ring (bicyclic) bond motifs is 1. The molecular formula is C21H19FN6O2. The average molecular weight is 406 g/mol. The van der Waals surface area contributed by atoms with Crippen molar-refractivity contribution in [2.75, 3.05) is 0 Å². The third kappa shape index (κ3) is 3.95. The number of carbonyl (C=O) groups is 1. The molecule has 0 aliphatic heterocycles. The van der Waals surface area contributed by atoms with Crippen LogP contribution in [-0.2, 0) is 17.9 Å². The van der Waals surface area contributed by atoms with Crippen LogP contribution in [0.5, 0.6) is 0 Å². The Hall–Kier alpha value is -3.88. The van der Waals surface area contributed by atoms with Crippen LogP contribution < -0.4 is 10.9 Å². The number of hydrogen-bond acceptors (Lipinski definition) is 5. The van der Waals surface area contributed by atoms with E-state index in [-0.39, 0.29) is 30.3 Å². The molecular weight excluding hydrogens is 387 g/mol. The summed E-state index contributed by atoms with van der Waals surface area (Å²) in [6, 6.07) is 11.7. The summed E-state index contributed by atoms with van der Waals surface area (Å²) in [5.74, 6) is -0.714. The predicted octanol–water partition coefficient (Wildman–Crippen LogP) is 2.05. The minimum atomic E-state index is -0.451. The highest BCUT2D eigenvalue weighted by Crippen LogP contribution is 2.15. The molecule has 0 atom stereocenters. The van der Waals surface area contributed by atoms with Crippen molar-refractivity contribution in [2.24, 2.45) is 0 Å². The lowest BCUT2D eigenvalue weighted by Gasteiger charge is -2.08. The second-order valence-electron chi connectivity index (χ2n) is 7.10. The van der Waals surface area contributed by atoms with Gasteiger partial charge in [-0.15, -0.1) is 5.10 Å². The molecule has 0 bridgehead atoms. The van der Waals surface area contributed by atoms with Crippen LogP contribution in [0.1, 0.15) is 16.7 Å². The van der Waals surface area contributed by atoms with Crippen molar-refractivity contribution >= 4 is 17.1 Å². The number of aromatic nitrogens is 5. The van der Waals surface area contributed by atoms with Crippen LogP contribution in [0.3, 0.4) is 0 Å². The molecule has 30 heavy (non-hydrogen) atoms. The molecule has 9 heteroatoms. The Morgan fingerprint density at radius 1 is 1.10 bits per heavy atom. The summed E-state index contributed by atoms with van der Waals surface area (Å²) in [5, 5.41) is 10.7. The van der Waals surface area contributed by atoms with Crippen molar-refractivity contribution in [3.05, 3.63) is 81.7 Å². The standard InChI is InChI=1S/C21H19FN6O2/c1-13-7-14(2)9-17(8-13)28-20-19(25-26-28)21(30)27(12-24-20)11-18(29)23-10-15-3-5-16(22)6-4-15/h3-9,12H,10-11H2,1-2H3,(H,23,29). The Morgan fingerprint density at radius 3 is 2.50 bits per heavy atom. The molecule has 2 heterocycles. The number of amides is 1. The molecule has 1 amide bonds. The Balaban J connectivity index is 1.54. The minimum Gasteiger partial charge on any atom is -0.350 e. The molecule has 0 fully saturated rings. The molecule has 8 nitrogen and oxygen atoms in total. The molecule has 0 aliphatic rings. The average Bonchev–Trinajstić information content (AvgIpc) is 3.14. The highest BCUT2D eigenvalue weighted by atomic mass is 19.1. The summed E-state index contributed by atoms with van der Waals surface area (Å²) in [6.07, 6.45) is 1.31. The summed E-state index contributed by atoms with van der Waals surface area (Å²) in [7, 11) is 0. The summed E-state index contributed by atoms with van der Waals surface area (Å²) in [6.45, 7) is 3.97. The highest BCUT2D eigenvalue weighted by Gasteiger charge is 2.15. The lowest BCUT2D eigenvalue weighted by Crippen LogP contribution is -2.32. The first kappa shape index (κ1) is 19.4. The van der Waals surface area contributed by atoms with Crippen LogP contribution in [0, 0.1) is 19.7 Å². The topological polar surface area (TPSA) is 94.7 Å². The fourth-order valence-electron chi connectivity index (χ4n) is 3.22. The van der Waals surface area contributed by atoms with Gasteiger partial charge < -0.3 is 5.32 Å². The van der Waals surface area contributed by atoms with Crippen LogP contribution in [0.25, 0.3) is 16.9 Å². The SMILES string of the molecule is Cc1cc(C)cc(-n2nnc3c(=O)n(CC(=O)NCc4ccc(F)cc4)cnc32)c1. The third-order valence-electron chi connectivity index (χ3n) is 4.60. The van der Waals surface area contributed by atoms with Gasteiger partial charge >= 0.3 is 0 Å². The summed E-state index contributed by atoms with van der Waals surface area (Å²) in [5.41, 5.74) is 3.59. The molecule has 0 saturated heterocycles. The van der Waals surface area contributed by atoms with Crippen molar-refractivity contribution in [1.29, 1.82) is 0 Å². The molecule has 0 saturated carbocycles. The number of halogens is 1. The van der Waals surface area contributed by atoms with Gasteiger partial charge in [0.05, 0.1) is 5.69 Å². The van der Waals surface area contributed by atoms with E-state index in [0.29, 0.717) is 5.65 Å². The number of nitrogens with one attached hydrogen (secondary N) is 1. The second kappa shape index (κ2) is 7.86. The van der Waals surface area contributed by atoms with Gasteiger partial charge in [0, 0.05) is 6.54 Å². The Morgan fingerprint density at radius 2 is 1.80 bits per heavy atom. The van der Waals surface area contributed by atoms with E-state index in [2.05, 4.69) is 20.6 Å². The minimum absolute atomic E-state index is 0.0861. The molecule has 0 aliphatic carbocycles. The van der Waals surface area contributed by atoms with E-state index in [1.807, 2.05) is 32.0 Å². The zero-order valence-corrected chi connectivity index (χ0v) is 16.5. The van der Waals surface area contributed by atoms with Gasteiger partial charge in [-0.2, -0.15) is 4.68 Å². The number of aryl methyl sites for hydroxylation is 2. The maximum atomic E-state index is 12.9. The lowest BCUT2D eigenvalue weighted by atomic mass is 10.1. The normalized spacial score (nSPS) is 11.0. The Labute approximate surface area is 171 Å². The van der Waals surface area contributed by atoms with Crippen LogP contribution in [0.15, 0.2) is 53.6 Å². The van der Waals surface area contributed by atoms with E-state index < -0.39 is 5.56 Å². The lowest BCUT2D eigenvalue weighted by molar-refractivity contribution is -0.121. The van der Waals surface area contributed by atoms with E-state index in [1.54, 1.807) is 12.1 Å². The largest absolute Gasteiger partial charge is 0.350 e. The van der Waals surface area contributed by atoms with E-state index in [0.717, 1.165) is 22.4 Å². The van der Waals surface area contributed by atoms with Gasteiger partial charge in [0.1, 0.15) is 18.7 Å². The monoisotopic (exact) mass is 406 g/mol. The molecule has 2 aromatic carbocycles. The fourth-order valence-corrected chi connectivity index (χ4v) is 3.22. The smallest absolute Gasteiger partial charge is 0.284 e.